The Morgan fingerprint density at radius 2 is 2.08 bits per heavy atom. The van der Waals surface area contributed by atoms with Gasteiger partial charge in [-0.05, 0) is 32.0 Å². The summed E-state index contributed by atoms with van der Waals surface area (Å²) in [5, 5.41) is 3.32. The van der Waals surface area contributed by atoms with Crippen molar-refractivity contribution in [2.75, 3.05) is 25.5 Å². The summed E-state index contributed by atoms with van der Waals surface area (Å²) in [5.41, 5.74) is 1.72. The van der Waals surface area contributed by atoms with Gasteiger partial charge in [0.15, 0.2) is 0 Å². The van der Waals surface area contributed by atoms with Crippen LogP contribution in [-0.4, -0.2) is 37.0 Å². The number of anilines is 1. The fourth-order valence-corrected chi connectivity index (χ4v) is 5.47. The summed E-state index contributed by atoms with van der Waals surface area (Å²) in [4.78, 5) is 28.2. The second kappa shape index (κ2) is 8.91. The number of likely N-dealkylation sites (N-methyl/N-ethyl adjacent to an activating group) is 1. The van der Waals surface area contributed by atoms with E-state index in [0.717, 1.165) is 41.3 Å². The smallest absolute Gasteiger partial charge is 0.341 e. The number of hydrogen-bond acceptors (Lipinski definition) is 6. The molecule has 0 unspecified atom stereocenters. The van der Waals surface area contributed by atoms with Crippen LogP contribution in [0.4, 0.5) is 5.00 Å². The summed E-state index contributed by atoms with van der Waals surface area (Å²) < 4.78 is 5.95. The summed E-state index contributed by atoms with van der Waals surface area (Å²) in [6.07, 6.45) is 0.747. The second-order valence-corrected chi connectivity index (χ2v) is 9.00. The third-order valence-electron chi connectivity index (χ3n) is 3.86. The van der Waals surface area contributed by atoms with E-state index in [1.807, 2.05) is 7.05 Å². The largest absolute Gasteiger partial charge is 0.462 e. The first-order valence-corrected chi connectivity index (χ1v) is 10.1. The molecule has 1 amide bonds. The standard InChI is InChI=1S/C16H16Cl2N2O3S2.ClH/c1-3-23-16(22)12-8-4-5-20(2)7-10(8)24-15(12)19-14(21)9-6-11(17)25-13(9)18;/h6H,3-5,7H2,1-2H3,(H,19,21);1H. The average molecular weight is 456 g/mol. The van der Waals surface area contributed by atoms with Crippen LogP contribution in [0.25, 0.3) is 0 Å². The quantitative estimate of drug-likeness (QED) is 0.662. The number of rotatable bonds is 4. The predicted molar refractivity (Wildman–Crippen MR) is 110 cm³/mol. The van der Waals surface area contributed by atoms with Crippen LogP contribution in [0.15, 0.2) is 6.07 Å². The number of thiophene rings is 2. The van der Waals surface area contributed by atoms with Crippen LogP contribution < -0.4 is 5.32 Å². The van der Waals surface area contributed by atoms with Crippen LogP contribution in [0.3, 0.4) is 0 Å². The molecule has 1 N–H and O–H groups in total. The first kappa shape index (κ1) is 21.5. The van der Waals surface area contributed by atoms with Crippen molar-refractivity contribution in [3.63, 3.8) is 0 Å². The maximum atomic E-state index is 12.6. The summed E-state index contributed by atoms with van der Waals surface area (Å²) in [6, 6.07) is 1.52. The highest BCUT2D eigenvalue weighted by Crippen LogP contribution is 2.38. The van der Waals surface area contributed by atoms with E-state index in [1.165, 1.54) is 17.4 Å². The molecule has 0 spiro atoms. The van der Waals surface area contributed by atoms with Gasteiger partial charge in [-0.1, -0.05) is 23.2 Å². The molecule has 2 aromatic heterocycles. The minimum Gasteiger partial charge on any atom is -0.462 e. The molecule has 0 radical (unpaired) electrons. The maximum absolute atomic E-state index is 12.6. The van der Waals surface area contributed by atoms with Crippen LogP contribution in [0.2, 0.25) is 8.67 Å². The van der Waals surface area contributed by atoms with Crippen molar-refractivity contribution in [3.05, 3.63) is 36.3 Å². The highest BCUT2D eigenvalue weighted by atomic mass is 35.5. The number of carbonyl (C=O) groups is 2. The molecule has 1 aliphatic rings. The lowest BCUT2D eigenvalue weighted by atomic mass is 10.0. The highest BCUT2D eigenvalue weighted by Gasteiger charge is 2.29. The number of nitrogens with one attached hydrogen (secondary N) is 1. The van der Waals surface area contributed by atoms with E-state index in [4.69, 9.17) is 27.9 Å². The van der Waals surface area contributed by atoms with Gasteiger partial charge in [-0.3, -0.25) is 4.79 Å². The highest BCUT2D eigenvalue weighted by molar-refractivity contribution is 7.20. The number of carbonyl (C=O) groups excluding carboxylic acids is 2. The van der Waals surface area contributed by atoms with Crippen LogP contribution in [0.5, 0.6) is 0 Å². The molecule has 0 aromatic carbocycles. The van der Waals surface area contributed by atoms with E-state index >= 15 is 0 Å². The Bertz CT molecular complexity index is 835. The molecule has 0 saturated heterocycles. The van der Waals surface area contributed by atoms with Crippen LogP contribution in [0, 0.1) is 0 Å². The zero-order valence-electron chi connectivity index (χ0n) is 14.1. The molecule has 3 heterocycles. The van der Waals surface area contributed by atoms with Gasteiger partial charge >= 0.3 is 5.97 Å². The van der Waals surface area contributed by atoms with Crippen LogP contribution >= 0.6 is 58.3 Å². The van der Waals surface area contributed by atoms with Gasteiger partial charge in [0.2, 0.25) is 0 Å². The molecule has 1 aliphatic heterocycles. The number of esters is 1. The normalized spacial score (nSPS) is 13.7. The molecule has 0 saturated carbocycles. The topological polar surface area (TPSA) is 58.6 Å². The number of fused-ring (bicyclic) bond motifs is 1. The van der Waals surface area contributed by atoms with E-state index in [2.05, 4.69) is 10.2 Å². The summed E-state index contributed by atoms with van der Waals surface area (Å²) in [7, 11) is 2.03. The van der Waals surface area contributed by atoms with Crippen LogP contribution in [-0.2, 0) is 17.7 Å². The molecule has 26 heavy (non-hydrogen) atoms. The monoisotopic (exact) mass is 454 g/mol. The van der Waals surface area contributed by atoms with Crippen molar-refractivity contribution in [1.82, 2.24) is 4.90 Å². The first-order valence-electron chi connectivity index (χ1n) is 7.67. The molecule has 2 aromatic rings. The molecule has 10 heteroatoms. The molecule has 3 rings (SSSR count). The SMILES string of the molecule is CCOC(=O)c1c(NC(=O)c2cc(Cl)sc2Cl)sc2c1CCN(C)C2.Cl. The number of hydrogen-bond donors (Lipinski definition) is 1. The molecule has 0 atom stereocenters. The van der Waals surface area contributed by atoms with Gasteiger partial charge < -0.3 is 15.0 Å². The summed E-state index contributed by atoms with van der Waals surface area (Å²) >= 11 is 14.5. The van der Waals surface area contributed by atoms with Gasteiger partial charge in [-0.15, -0.1) is 35.1 Å². The molecule has 0 bridgehead atoms. The fourth-order valence-electron chi connectivity index (χ4n) is 2.70. The van der Waals surface area contributed by atoms with Crippen molar-refractivity contribution in [1.29, 1.82) is 0 Å². The molecule has 5 nitrogen and oxygen atoms in total. The van der Waals surface area contributed by atoms with Gasteiger partial charge in [0, 0.05) is 18.0 Å². The third kappa shape index (κ3) is 4.35. The molecule has 142 valence electrons. The zero-order chi connectivity index (χ0) is 18.1. The summed E-state index contributed by atoms with van der Waals surface area (Å²) in [6.45, 7) is 3.64. The lowest BCUT2D eigenvalue weighted by Gasteiger charge is -2.22. The Hall–Kier alpha value is -0.830. The predicted octanol–water partition coefficient (Wildman–Crippen LogP) is 4.96. The number of halogens is 3. The van der Waals surface area contributed by atoms with Gasteiger partial charge in [0.05, 0.1) is 22.1 Å². The lowest BCUT2D eigenvalue weighted by Crippen LogP contribution is -2.26. The molecule has 0 aliphatic carbocycles. The zero-order valence-corrected chi connectivity index (χ0v) is 18.0. The third-order valence-corrected chi connectivity index (χ3v) is 6.48. The molecular weight excluding hydrogens is 439 g/mol. The Labute approximate surface area is 175 Å². The Kier molecular flexibility index (Phi) is 7.35. The van der Waals surface area contributed by atoms with Crippen molar-refractivity contribution in [2.45, 2.75) is 19.9 Å². The molecular formula is C16H17Cl3N2O3S2. The van der Waals surface area contributed by atoms with E-state index in [1.54, 1.807) is 6.92 Å². The fraction of sp³-hybridized carbons (Fsp3) is 0.375. The Balaban J connectivity index is 0.00000243. The first-order chi connectivity index (χ1) is 11.9. The lowest BCUT2D eigenvalue weighted by molar-refractivity contribution is 0.0526. The van der Waals surface area contributed by atoms with Gasteiger partial charge in [-0.2, -0.15) is 0 Å². The van der Waals surface area contributed by atoms with Crippen LogP contribution in [0.1, 0.15) is 38.1 Å². The number of ether oxygens (including phenoxy) is 1. The number of amides is 1. The van der Waals surface area contributed by atoms with Crippen molar-refractivity contribution < 1.29 is 14.3 Å². The summed E-state index contributed by atoms with van der Waals surface area (Å²) in [5.74, 6) is -0.792. The van der Waals surface area contributed by atoms with Crippen molar-refractivity contribution in [2.24, 2.45) is 0 Å². The average Bonchev–Trinajstić information content (AvgIpc) is 3.06. The maximum Gasteiger partial charge on any atom is 0.341 e. The van der Waals surface area contributed by atoms with Gasteiger partial charge in [0.25, 0.3) is 5.91 Å². The van der Waals surface area contributed by atoms with E-state index in [-0.39, 0.29) is 24.9 Å². The van der Waals surface area contributed by atoms with Gasteiger partial charge in [-0.25, -0.2) is 4.79 Å². The second-order valence-electron chi connectivity index (χ2n) is 5.61. The van der Waals surface area contributed by atoms with Crippen molar-refractivity contribution >= 4 is 75.2 Å². The van der Waals surface area contributed by atoms with Crippen molar-refractivity contribution in [3.8, 4) is 0 Å². The van der Waals surface area contributed by atoms with E-state index in [0.29, 0.717) is 24.8 Å². The minimum atomic E-state index is -0.408. The van der Waals surface area contributed by atoms with E-state index < -0.39 is 5.97 Å². The Morgan fingerprint density at radius 1 is 1.35 bits per heavy atom. The Morgan fingerprint density at radius 3 is 2.69 bits per heavy atom. The van der Waals surface area contributed by atoms with Gasteiger partial charge in [0.1, 0.15) is 9.34 Å². The molecule has 0 fully saturated rings. The minimum absolute atomic E-state index is 0. The van der Waals surface area contributed by atoms with E-state index in [9.17, 15) is 9.59 Å². The number of nitrogens with zero attached hydrogens (tertiary/aromatic N) is 1.